The second-order valence-corrected chi connectivity index (χ2v) is 6.08. The van der Waals surface area contributed by atoms with Crippen LogP contribution in [0.1, 0.15) is 28.5 Å². The van der Waals surface area contributed by atoms with E-state index in [2.05, 4.69) is 39.6 Å². The molecule has 1 atom stereocenters. The number of hydrogen-bond donors (Lipinski definition) is 1. The lowest BCUT2D eigenvalue weighted by molar-refractivity contribution is 0.578. The van der Waals surface area contributed by atoms with Crippen molar-refractivity contribution in [3.05, 3.63) is 25.3 Å². The molecular formula is C10H13IN4S. The van der Waals surface area contributed by atoms with Crippen molar-refractivity contribution in [1.29, 1.82) is 0 Å². The van der Waals surface area contributed by atoms with Crippen LogP contribution in [0, 0.1) is 17.4 Å². The summed E-state index contributed by atoms with van der Waals surface area (Å²) in [4.78, 5) is 5.65. The maximum absolute atomic E-state index is 5.97. The van der Waals surface area contributed by atoms with E-state index in [4.69, 9.17) is 5.73 Å². The monoisotopic (exact) mass is 348 g/mol. The Balaban J connectivity index is 2.42. The van der Waals surface area contributed by atoms with Gasteiger partial charge in [0.1, 0.15) is 5.82 Å². The molecule has 0 aliphatic carbocycles. The lowest BCUT2D eigenvalue weighted by atomic mass is 10.2. The Kier molecular flexibility index (Phi) is 3.20. The molecule has 0 amide bonds. The first kappa shape index (κ1) is 11.8. The van der Waals surface area contributed by atoms with Gasteiger partial charge in [0.15, 0.2) is 0 Å². The maximum Gasteiger partial charge on any atom is 0.135 e. The van der Waals surface area contributed by atoms with Gasteiger partial charge in [-0.15, -0.1) is 11.3 Å². The Hall–Kier alpha value is -0.630. The molecule has 2 aromatic rings. The maximum atomic E-state index is 5.97. The first-order chi connectivity index (χ1) is 7.50. The van der Waals surface area contributed by atoms with Gasteiger partial charge in [-0.2, -0.15) is 5.10 Å². The Morgan fingerprint density at radius 3 is 2.62 bits per heavy atom. The summed E-state index contributed by atoms with van der Waals surface area (Å²) >= 11 is 3.90. The molecule has 2 aromatic heterocycles. The number of halogens is 1. The predicted molar refractivity (Wildman–Crippen MR) is 74.8 cm³/mol. The fraction of sp³-hybridized carbons (Fsp3) is 0.400. The minimum absolute atomic E-state index is 0.148. The van der Waals surface area contributed by atoms with E-state index in [1.165, 1.54) is 4.88 Å². The molecule has 0 radical (unpaired) electrons. The molecule has 0 bridgehead atoms. The molecule has 0 aliphatic rings. The summed E-state index contributed by atoms with van der Waals surface area (Å²) < 4.78 is 2.84. The number of rotatable bonds is 2. The second-order valence-electron chi connectivity index (χ2n) is 3.68. The van der Waals surface area contributed by atoms with Crippen molar-refractivity contribution in [2.75, 3.05) is 5.73 Å². The van der Waals surface area contributed by atoms with Gasteiger partial charge in [0.05, 0.1) is 31.4 Å². The van der Waals surface area contributed by atoms with Gasteiger partial charge in [-0.3, -0.25) is 0 Å². The summed E-state index contributed by atoms with van der Waals surface area (Å²) in [6, 6.07) is 0.148. The zero-order valence-electron chi connectivity index (χ0n) is 9.36. The summed E-state index contributed by atoms with van der Waals surface area (Å²) in [5, 5.41) is 5.39. The van der Waals surface area contributed by atoms with Gasteiger partial charge in [-0.1, -0.05) is 0 Å². The molecule has 6 heteroatoms. The van der Waals surface area contributed by atoms with E-state index in [0.29, 0.717) is 0 Å². The molecule has 2 rings (SSSR count). The van der Waals surface area contributed by atoms with Crippen molar-refractivity contribution in [3.8, 4) is 0 Å². The smallest absolute Gasteiger partial charge is 0.135 e. The van der Waals surface area contributed by atoms with Crippen LogP contribution in [0.3, 0.4) is 0 Å². The van der Waals surface area contributed by atoms with Gasteiger partial charge in [0, 0.05) is 0 Å². The summed E-state index contributed by atoms with van der Waals surface area (Å²) in [5.41, 5.74) is 7.04. The minimum Gasteiger partial charge on any atom is -0.383 e. The highest BCUT2D eigenvalue weighted by Gasteiger charge is 2.18. The number of nitrogens with two attached hydrogens (primary N) is 1. The standard InChI is InChI=1S/C10H13IN4S/c1-5-9(16-7(3)14-5)6(2)15-10(12)8(11)4-13-15/h4,6H,12H2,1-3H3. The highest BCUT2D eigenvalue weighted by atomic mass is 127. The number of thiazole rings is 1. The molecule has 2 N–H and O–H groups in total. The number of nitrogens with zero attached hydrogens (tertiary/aromatic N) is 3. The second kappa shape index (κ2) is 4.33. The minimum atomic E-state index is 0.148. The first-order valence-electron chi connectivity index (χ1n) is 4.93. The van der Waals surface area contributed by atoms with Gasteiger partial charge >= 0.3 is 0 Å². The lowest BCUT2D eigenvalue weighted by Crippen LogP contribution is -2.11. The number of aryl methyl sites for hydroxylation is 2. The Morgan fingerprint density at radius 1 is 1.50 bits per heavy atom. The fourth-order valence-electron chi connectivity index (χ4n) is 1.71. The summed E-state index contributed by atoms with van der Waals surface area (Å²) in [5.74, 6) is 0.721. The van der Waals surface area contributed by atoms with Gasteiger partial charge in [0.25, 0.3) is 0 Å². The van der Waals surface area contributed by atoms with E-state index in [1.54, 1.807) is 17.5 Å². The van der Waals surface area contributed by atoms with E-state index >= 15 is 0 Å². The summed E-state index contributed by atoms with van der Waals surface area (Å²) in [6.45, 7) is 6.14. The molecule has 0 saturated carbocycles. The molecule has 1 unspecified atom stereocenters. The van der Waals surface area contributed by atoms with E-state index < -0.39 is 0 Å². The lowest BCUT2D eigenvalue weighted by Gasteiger charge is -2.12. The van der Waals surface area contributed by atoms with Crippen LogP contribution < -0.4 is 5.73 Å². The van der Waals surface area contributed by atoms with Crippen molar-refractivity contribution in [2.24, 2.45) is 0 Å². The van der Waals surface area contributed by atoms with Gasteiger partial charge in [-0.25, -0.2) is 9.67 Å². The number of aromatic nitrogens is 3. The number of hydrogen-bond acceptors (Lipinski definition) is 4. The molecule has 0 aromatic carbocycles. The molecule has 0 saturated heterocycles. The Morgan fingerprint density at radius 2 is 2.19 bits per heavy atom. The van der Waals surface area contributed by atoms with Crippen molar-refractivity contribution in [3.63, 3.8) is 0 Å². The Bertz CT molecular complexity index is 515. The molecule has 0 spiro atoms. The van der Waals surface area contributed by atoms with Crippen LogP contribution in [-0.4, -0.2) is 14.8 Å². The molecule has 0 aliphatic heterocycles. The quantitative estimate of drug-likeness (QED) is 0.849. The highest BCUT2D eigenvalue weighted by Crippen LogP contribution is 2.29. The van der Waals surface area contributed by atoms with Crippen LogP contribution in [0.2, 0.25) is 0 Å². The molecular weight excluding hydrogens is 335 g/mol. The van der Waals surface area contributed by atoms with E-state index in [0.717, 1.165) is 20.1 Å². The largest absolute Gasteiger partial charge is 0.383 e. The van der Waals surface area contributed by atoms with Crippen LogP contribution in [0.15, 0.2) is 6.20 Å². The van der Waals surface area contributed by atoms with Crippen LogP contribution in [0.4, 0.5) is 5.82 Å². The van der Waals surface area contributed by atoms with E-state index in [9.17, 15) is 0 Å². The normalized spacial score (nSPS) is 13.0. The predicted octanol–water partition coefficient (Wildman–Crippen LogP) is 2.75. The van der Waals surface area contributed by atoms with Crippen molar-refractivity contribution < 1.29 is 0 Å². The van der Waals surface area contributed by atoms with Crippen molar-refractivity contribution in [1.82, 2.24) is 14.8 Å². The molecule has 16 heavy (non-hydrogen) atoms. The average Bonchev–Trinajstić information content (AvgIpc) is 2.71. The number of anilines is 1. The summed E-state index contributed by atoms with van der Waals surface area (Å²) in [6.07, 6.45) is 1.79. The molecule has 4 nitrogen and oxygen atoms in total. The SMILES string of the molecule is Cc1nc(C)c(C(C)n2ncc(I)c2N)s1. The highest BCUT2D eigenvalue weighted by molar-refractivity contribution is 14.1. The van der Waals surface area contributed by atoms with Crippen LogP contribution in [0.25, 0.3) is 0 Å². The van der Waals surface area contributed by atoms with Crippen LogP contribution in [0.5, 0.6) is 0 Å². The van der Waals surface area contributed by atoms with E-state index in [-0.39, 0.29) is 6.04 Å². The molecule has 86 valence electrons. The van der Waals surface area contributed by atoms with Gasteiger partial charge in [-0.05, 0) is 43.4 Å². The third-order valence-corrected chi connectivity index (χ3v) is 4.55. The third-order valence-electron chi connectivity index (χ3n) is 2.47. The van der Waals surface area contributed by atoms with Crippen LogP contribution in [-0.2, 0) is 0 Å². The van der Waals surface area contributed by atoms with Crippen LogP contribution >= 0.6 is 33.9 Å². The molecule has 2 heterocycles. The summed E-state index contributed by atoms with van der Waals surface area (Å²) in [7, 11) is 0. The first-order valence-corrected chi connectivity index (χ1v) is 6.82. The number of nitrogen functional groups attached to an aromatic ring is 1. The third kappa shape index (κ3) is 1.95. The average molecular weight is 348 g/mol. The van der Waals surface area contributed by atoms with Gasteiger partial charge < -0.3 is 5.73 Å². The Labute approximate surface area is 112 Å². The van der Waals surface area contributed by atoms with Crippen molar-refractivity contribution in [2.45, 2.75) is 26.8 Å². The zero-order valence-corrected chi connectivity index (χ0v) is 12.3. The zero-order chi connectivity index (χ0) is 11.9. The van der Waals surface area contributed by atoms with E-state index in [1.807, 2.05) is 18.5 Å². The van der Waals surface area contributed by atoms with Crippen molar-refractivity contribution >= 4 is 39.7 Å². The molecule has 0 fully saturated rings. The fourth-order valence-corrected chi connectivity index (χ4v) is 3.04. The van der Waals surface area contributed by atoms with Gasteiger partial charge in [0.2, 0.25) is 0 Å². The topological polar surface area (TPSA) is 56.7 Å².